The summed E-state index contributed by atoms with van der Waals surface area (Å²) in [5, 5.41) is 5.74. The van der Waals surface area contributed by atoms with Crippen LogP contribution in [0.25, 0.3) is 11.3 Å². The molecular weight excluding hydrogens is 356 g/mol. The lowest BCUT2D eigenvalue weighted by Crippen LogP contribution is -2.33. The van der Waals surface area contributed by atoms with Crippen LogP contribution in [-0.4, -0.2) is 49.8 Å². The summed E-state index contributed by atoms with van der Waals surface area (Å²) >= 11 is 5.26. The second-order valence-electron chi connectivity index (χ2n) is 5.43. The van der Waals surface area contributed by atoms with Crippen LogP contribution in [0.1, 0.15) is 0 Å². The Hall–Kier alpha value is -2.65. The number of aromatic amines is 1. The van der Waals surface area contributed by atoms with Crippen LogP contribution >= 0.6 is 12.2 Å². The van der Waals surface area contributed by atoms with E-state index >= 15 is 0 Å². The molecule has 0 saturated heterocycles. The zero-order valence-corrected chi connectivity index (χ0v) is 15.7. The summed E-state index contributed by atoms with van der Waals surface area (Å²) in [6.07, 6.45) is 0. The van der Waals surface area contributed by atoms with Crippen LogP contribution in [0.2, 0.25) is 0 Å². The second kappa shape index (κ2) is 9.16. The maximum absolute atomic E-state index is 12.2. The molecule has 1 aromatic carbocycles. The molecule has 9 heteroatoms. The highest BCUT2D eigenvalue weighted by Gasteiger charge is 2.15. The van der Waals surface area contributed by atoms with Crippen molar-refractivity contribution in [2.75, 3.05) is 34.4 Å². The van der Waals surface area contributed by atoms with Crippen LogP contribution in [0, 0.1) is 4.77 Å². The second-order valence-corrected chi connectivity index (χ2v) is 5.82. The molecule has 1 aromatic heterocycles. The number of carbonyl (C=O) groups is 1. The number of rotatable bonds is 8. The molecule has 0 radical (unpaired) electrons. The van der Waals surface area contributed by atoms with E-state index in [0.717, 1.165) is 0 Å². The van der Waals surface area contributed by atoms with Gasteiger partial charge in [0.2, 0.25) is 5.91 Å². The minimum atomic E-state index is -0.352. The Morgan fingerprint density at radius 2 is 2.00 bits per heavy atom. The molecule has 0 aliphatic carbocycles. The largest absolute Gasteiger partial charge is 0.497 e. The molecule has 2 rings (SSSR count). The lowest BCUT2D eigenvalue weighted by Gasteiger charge is -2.16. The number of carbonyl (C=O) groups excluding carboxylic acids is 1. The molecule has 0 saturated carbocycles. The molecule has 1 amide bonds. The number of hydrogen-bond donors (Lipinski definition) is 3. The first-order chi connectivity index (χ1) is 12.5. The van der Waals surface area contributed by atoms with Gasteiger partial charge in [-0.1, -0.05) is 0 Å². The highest BCUT2D eigenvalue weighted by Crippen LogP contribution is 2.32. The number of nitrogens with zero attached hydrogens (tertiary/aromatic N) is 1. The van der Waals surface area contributed by atoms with Gasteiger partial charge >= 0.3 is 0 Å². The van der Waals surface area contributed by atoms with Gasteiger partial charge in [-0.05, 0) is 31.4 Å². The van der Waals surface area contributed by atoms with E-state index in [1.165, 1.54) is 13.2 Å². The summed E-state index contributed by atoms with van der Waals surface area (Å²) in [6, 6.07) is 6.61. The molecule has 0 unspecified atom stereocenters. The van der Waals surface area contributed by atoms with Crippen LogP contribution in [0.4, 0.5) is 0 Å². The first-order valence-corrected chi connectivity index (χ1v) is 8.38. The number of aromatic nitrogens is 2. The minimum Gasteiger partial charge on any atom is -0.497 e. The molecule has 0 bridgehead atoms. The van der Waals surface area contributed by atoms with Crippen LogP contribution in [0.3, 0.4) is 0 Å². The molecule has 3 N–H and O–H groups in total. The van der Waals surface area contributed by atoms with Crippen molar-refractivity contribution < 1.29 is 14.3 Å². The Morgan fingerprint density at radius 3 is 2.65 bits per heavy atom. The Kier molecular flexibility index (Phi) is 6.93. The predicted octanol–water partition coefficient (Wildman–Crippen LogP) is 0.926. The topological polar surface area (TPSA) is 97.4 Å². The van der Waals surface area contributed by atoms with Crippen molar-refractivity contribution in [3.8, 4) is 22.8 Å². The first-order valence-electron chi connectivity index (χ1n) is 7.98. The van der Waals surface area contributed by atoms with E-state index in [9.17, 15) is 9.59 Å². The van der Waals surface area contributed by atoms with Gasteiger partial charge in [0.05, 0.1) is 19.9 Å². The molecule has 2 aromatic rings. The number of benzene rings is 1. The molecule has 1 heterocycles. The molecule has 0 aliphatic heterocycles. The fourth-order valence-electron chi connectivity index (χ4n) is 2.44. The Labute approximate surface area is 156 Å². The van der Waals surface area contributed by atoms with E-state index in [2.05, 4.69) is 15.6 Å². The average molecular weight is 378 g/mol. The molecule has 140 valence electrons. The van der Waals surface area contributed by atoms with Gasteiger partial charge in [-0.2, -0.15) is 0 Å². The van der Waals surface area contributed by atoms with Gasteiger partial charge < -0.3 is 24.7 Å². The number of ether oxygens (including phenoxy) is 2. The summed E-state index contributed by atoms with van der Waals surface area (Å²) in [5.74, 6) is 0.913. The van der Waals surface area contributed by atoms with Crippen molar-refractivity contribution in [1.82, 2.24) is 20.2 Å². The van der Waals surface area contributed by atoms with E-state index < -0.39 is 0 Å². The number of likely N-dealkylation sites (N-methyl/N-ethyl adjacent to an activating group) is 1. The normalized spacial score (nSPS) is 10.4. The lowest BCUT2D eigenvalue weighted by molar-refractivity contribution is -0.121. The van der Waals surface area contributed by atoms with Gasteiger partial charge in [0.15, 0.2) is 4.77 Å². The van der Waals surface area contributed by atoms with Crippen LogP contribution < -0.4 is 25.7 Å². The zero-order valence-electron chi connectivity index (χ0n) is 14.9. The Morgan fingerprint density at radius 1 is 1.23 bits per heavy atom. The van der Waals surface area contributed by atoms with Gasteiger partial charge in [-0.25, -0.2) is 0 Å². The number of nitrogens with one attached hydrogen (secondary N) is 3. The van der Waals surface area contributed by atoms with E-state index in [0.29, 0.717) is 35.8 Å². The standard InChI is InChI=1S/C17H22N4O4S/c1-18-6-7-19-16(23)10-21-13(9-15(22)20-17(21)26)12-5-4-11(24-2)8-14(12)25-3/h4-5,8-9,18H,6-7,10H2,1-3H3,(H,19,23)(H,20,22,26). The number of hydrogen-bond acceptors (Lipinski definition) is 6. The van der Waals surface area contributed by atoms with Gasteiger partial charge in [-0.15, -0.1) is 0 Å². The zero-order chi connectivity index (χ0) is 19.1. The fourth-order valence-corrected chi connectivity index (χ4v) is 2.70. The molecule has 0 atom stereocenters. The third-order valence-electron chi connectivity index (χ3n) is 3.72. The van der Waals surface area contributed by atoms with Crippen LogP contribution in [0.5, 0.6) is 11.5 Å². The van der Waals surface area contributed by atoms with Crippen molar-refractivity contribution in [3.05, 3.63) is 39.4 Å². The Balaban J connectivity index is 2.47. The maximum Gasteiger partial charge on any atom is 0.252 e. The SMILES string of the molecule is CNCCNC(=O)Cn1c(-c2ccc(OC)cc2OC)cc(=O)[nH]c1=S. The molecule has 0 aliphatic rings. The highest BCUT2D eigenvalue weighted by atomic mass is 32.1. The number of methoxy groups -OCH3 is 2. The van der Waals surface area contributed by atoms with Gasteiger partial charge in [0.25, 0.3) is 5.56 Å². The van der Waals surface area contributed by atoms with Gasteiger partial charge in [0, 0.05) is 30.8 Å². The van der Waals surface area contributed by atoms with E-state index in [1.807, 2.05) is 0 Å². The minimum absolute atomic E-state index is 0.0240. The number of H-pyrrole nitrogens is 1. The quantitative estimate of drug-likeness (QED) is 0.467. The van der Waals surface area contributed by atoms with E-state index in [-0.39, 0.29) is 22.8 Å². The van der Waals surface area contributed by atoms with Gasteiger partial charge in [0.1, 0.15) is 18.0 Å². The summed E-state index contributed by atoms with van der Waals surface area (Å²) in [7, 11) is 4.88. The van der Waals surface area contributed by atoms with Crippen molar-refractivity contribution >= 4 is 18.1 Å². The third-order valence-corrected chi connectivity index (χ3v) is 4.04. The Bertz CT molecular complexity index is 891. The third kappa shape index (κ3) is 4.70. The highest BCUT2D eigenvalue weighted by molar-refractivity contribution is 7.71. The summed E-state index contributed by atoms with van der Waals surface area (Å²) < 4.78 is 12.3. The summed E-state index contributed by atoms with van der Waals surface area (Å²) in [4.78, 5) is 26.7. The summed E-state index contributed by atoms with van der Waals surface area (Å²) in [6.45, 7) is 1.12. The van der Waals surface area contributed by atoms with E-state index in [1.54, 1.807) is 36.9 Å². The van der Waals surface area contributed by atoms with Crippen molar-refractivity contribution in [1.29, 1.82) is 0 Å². The van der Waals surface area contributed by atoms with E-state index in [4.69, 9.17) is 21.7 Å². The fraction of sp³-hybridized carbons (Fsp3) is 0.353. The smallest absolute Gasteiger partial charge is 0.252 e. The maximum atomic E-state index is 12.2. The van der Waals surface area contributed by atoms with Crippen molar-refractivity contribution in [3.63, 3.8) is 0 Å². The van der Waals surface area contributed by atoms with Crippen molar-refractivity contribution in [2.24, 2.45) is 0 Å². The average Bonchev–Trinajstić information content (AvgIpc) is 2.63. The van der Waals surface area contributed by atoms with Crippen molar-refractivity contribution in [2.45, 2.75) is 6.54 Å². The molecule has 8 nitrogen and oxygen atoms in total. The molecule has 0 spiro atoms. The number of amides is 1. The predicted molar refractivity (Wildman–Crippen MR) is 101 cm³/mol. The van der Waals surface area contributed by atoms with Crippen LogP contribution in [0.15, 0.2) is 29.1 Å². The van der Waals surface area contributed by atoms with Gasteiger partial charge in [-0.3, -0.25) is 14.6 Å². The molecule has 26 heavy (non-hydrogen) atoms. The monoisotopic (exact) mass is 378 g/mol. The van der Waals surface area contributed by atoms with Crippen LogP contribution in [-0.2, 0) is 11.3 Å². The lowest BCUT2D eigenvalue weighted by atomic mass is 10.1. The molecular formula is C17H22N4O4S. The summed E-state index contributed by atoms with van der Waals surface area (Å²) in [5.41, 5.74) is 0.769. The molecule has 0 fully saturated rings. The first kappa shape index (κ1) is 19.7.